The second kappa shape index (κ2) is 7.93. The minimum atomic E-state index is -0.130. The summed E-state index contributed by atoms with van der Waals surface area (Å²) in [7, 11) is 0. The van der Waals surface area contributed by atoms with E-state index in [-0.39, 0.29) is 11.8 Å². The lowest BCUT2D eigenvalue weighted by Gasteiger charge is -2.21. The van der Waals surface area contributed by atoms with Gasteiger partial charge in [-0.1, -0.05) is 12.8 Å². The van der Waals surface area contributed by atoms with Crippen LogP contribution in [0, 0.1) is 0 Å². The molecule has 1 saturated carbocycles. The van der Waals surface area contributed by atoms with Crippen molar-refractivity contribution in [3.63, 3.8) is 0 Å². The number of rotatable bonds is 3. The summed E-state index contributed by atoms with van der Waals surface area (Å²) in [4.78, 5) is 38.2. The van der Waals surface area contributed by atoms with Gasteiger partial charge in [0.25, 0.3) is 11.8 Å². The average molecular weight is 407 g/mol. The van der Waals surface area contributed by atoms with Crippen molar-refractivity contribution in [1.29, 1.82) is 0 Å². The fourth-order valence-electron chi connectivity index (χ4n) is 4.55. The molecule has 30 heavy (non-hydrogen) atoms. The first kappa shape index (κ1) is 18.8. The molecule has 0 aromatic carbocycles. The zero-order valence-corrected chi connectivity index (χ0v) is 16.9. The highest BCUT2D eigenvalue weighted by Gasteiger charge is 2.26. The van der Waals surface area contributed by atoms with Gasteiger partial charge in [0.15, 0.2) is 11.4 Å². The molecule has 156 valence electrons. The Morgan fingerprint density at radius 3 is 2.47 bits per heavy atom. The number of furan rings is 1. The summed E-state index contributed by atoms with van der Waals surface area (Å²) < 4.78 is 7.38. The highest BCUT2D eigenvalue weighted by molar-refractivity contribution is 5.96. The molecule has 4 heterocycles. The Morgan fingerprint density at radius 2 is 1.73 bits per heavy atom. The number of amides is 2. The van der Waals surface area contributed by atoms with E-state index in [4.69, 9.17) is 4.42 Å². The van der Waals surface area contributed by atoms with Crippen LogP contribution in [-0.4, -0.2) is 62.3 Å². The lowest BCUT2D eigenvalue weighted by atomic mass is 10.2. The molecule has 0 bridgehead atoms. The minimum absolute atomic E-state index is 0.0629. The molecule has 1 saturated heterocycles. The second-order valence-corrected chi connectivity index (χ2v) is 8.07. The number of imidazole rings is 1. The first-order valence-corrected chi connectivity index (χ1v) is 10.7. The molecular weight excluding hydrogens is 382 g/mol. The Labute approximate surface area is 174 Å². The van der Waals surface area contributed by atoms with Crippen molar-refractivity contribution < 1.29 is 14.0 Å². The lowest BCUT2D eigenvalue weighted by Crippen LogP contribution is -2.37. The summed E-state index contributed by atoms with van der Waals surface area (Å²) in [6, 6.07) is 5.68. The molecule has 0 unspecified atom stereocenters. The summed E-state index contributed by atoms with van der Waals surface area (Å²) in [5.41, 5.74) is 2.16. The van der Waals surface area contributed by atoms with Gasteiger partial charge in [-0.15, -0.1) is 0 Å². The number of carbonyl (C=O) groups is 2. The quantitative estimate of drug-likeness (QED) is 0.666. The zero-order chi connectivity index (χ0) is 20.5. The Bertz CT molecular complexity index is 1050. The third-order valence-electron chi connectivity index (χ3n) is 6.18. The smallest absolute Gasteiger partial charge is 0.289 e. The molecule has 0 radical (unpaired) electrons. The molecule has 2 aliphatic rings. The average Bonchev–Trinajstić information content (AvgIpc) is 3.51. The molecule has 8 heteroatoms. The first-order valence-electron chi connectivity index (χ1n) is 10.7. The van der Waals surface area contributed by atoms with Crippen LogP contribution in [0.2, 0.25) is 0 Å². The van der Waals surface area contributed by atoms with Crippen molar-refractivity contribution in [2.45, 2.75) is 38.1 Å². The van der Waals surface area contributed by atoms with E-state index in [1.807, 2.05) is 12.4 Å². The van der Waals surface area contributed by atoms with Gasteiger partial charge in [0.05, 0.1) is 18.2 Å². The van der Waals surface area contributed by atoms with Gasteiger partial charge in [0.1, 0.15) is 5.52 Å². The molecule has 2 fully saturated rings. The minimum Gasteiger partial charge on any atom is -0.459 e. The van der Waals surface area contributed by atoms with Crippen molar-refractivity contribution in [2.24, 2.45) is 0 Å². The van der Waals surface area contributed by atoms with E-state index < -0.39 is 0 Å². The number of hydrogen-bond acceptors (Lipinski definition) is 5. The molecule has 5 rings (SSSR count). The highest BCUT2D eigenvalue weighted by Crippen LogP contribution is 2.31. The summed E-state index contributed by atoms with van der Waals surface area (Å²) in [6.45, 7) is 2.18. The molecule has 0 atom stereocenters. The maximum absolute atomic E-state index is 13.1. The molecule has 1 aliphatic heterocycles. The predicted octanol–water partition coefficient (Wildman–Crippen LogP) is 3.13. The predicted molar refractivity (Wildman–Crippen MR) is 110 cm³/mol. The molecule has 8 nitrogen and oxygen atoms in total. The molecular formula is C22H25N5O3. The monoisotopic (exact) mass is 407 g/mol. The second-order valence-electron chi connectivity index (χ2n) is 8.07. The van der Waals surface area contributed by atoms with Crippen LogP contribution in [0.5, 0.6) is 0 Å². The highest BCUT2D eigenvalue weighted by atomic mass is 16.3. The van der Waals surface area contributed by atoms with E-state index in [2.05, 4.69) is 14.5 Å². The van der Waals surface area contributed by atoms with Crippen LogP contribution in [0.1, 0.15) is 59.1 Å². The van der Waals surface area contributed by atoms with Crippen LogP contribution in [0.15, 0.2) is 41.4 Å². The van der Waals surface area contributed by atoms with Crippen LogP contribution >= 0.6 is 0 Å². The van der Waals surface area contributed by atoms with Crippen molar-refractivity contribution >= 4 is 23.0 Å². The van der Waals surface area contributed by atoms with E-state index in [9.17, 15) is 9.59 Å². The van der Waals surface area contributed by atoms with Crippen LogP contribution in [-0.2, 0) is 0 Å². The maximum atomic E-state index is 13.1. The van der Waals surface area contributed by atoms with E-state index >= 15 is 0 Å². The van der Waals surface area contributed by atoms with Gasteiger partial charge in [-0.2, -0.15) is 0 Å². The number of pyridine rings is 1. The van der Waals surface area contributed by atoms with Gasteiger partial charge >= 0.3 is 0 Å². The van der Waals surface area contributed by atoms with Gasteiger partial charge in [-0.3, -0.25) is 9.59 Å². The number of fused-ring (bicyclic) bond motifs is 1. The molecule has 1 aliphatic carbocycles. The Morgan fingerprint density at radius 1 is 0.967 bits per heavy atom. The third-order valence-corrected chi connectivity index (χ3v) is 6.18. The lowest BCUT2D eigenvalue weighted by molar-refractivity contribution is 0.0700. The van der Waals surface area contributed by atoms with E-state index in [1.54, 1.807) is 28.1 Å². The molecule has 3 aromatic rings. The summed E-state index contributed by atoms with van der Waals surface area (Å²) >= 11 is 0. The van der Waals surface area contributed by atoms with E-state index in [0.29, 0.717) is 43.5 Å². The number of carbonyl (C=O) groups excluding carboxylic acids is 2. The summed E-state index contributed by atoms with van der Waals surface area (Å²) in [5.74, 6) is 0.143. The Kier molecular flexibility index (Phi) is 4.98. The number of aromatic nitrogens is 3. The van der Waals surface area contributed by atoms with Gasteiger partial charge in [0.2, 0.25) is 0 Å². The first-order chi connectivity index (χ1) is 14.7. The normalized spacial score (nSPS) is 18.1. The third kappa shape index (κ3) is 3.46. The molecule has 3 aromatic heterocycles. The van der Waals surface area contributed by atoms with E-state index in [0.717, 1.165) is 30.4 Å². The number of hydrogen-bond donors (Lipinski definition) is 0. The van der Waals surface area contributed by atoms with Crippen molar-refractivity contribution in [3.05, 3.63) is 48.3 Å². The fraction of sp³-hybridized carbons (Fsp3) is 0.455. The maximum Gasteiger partial charge on any atom is 0.289 e. The van der Waals surface area contributed by atoms with Gasteiger partial charge in [-0.25, -0.2) is 9.97 Å². The SMILES string of the molecule is O=C(c1cnc2c(c1)ncn2C1CCCC1)N1CCCN(C(=O)c2ccco2)CC1. The van der Waals surface area contributed by atoms with Crippen molar-refractivity contribution in [2.75, 3.05) is 26.2 Å². The van der Waals surface area contributed by atoms with Gasteiger partial charge < -0.3 is 18.8 Å². The summed E-state index contributed by atoms with van der Waals surface area (Å²) in [5, 5.41) is 0. The van der Waals surface area contributed by atoms with Crippen LogP contribution < -0.4 is 0 Å². The van der Waals surface area contributed by atoms with Crippen molar-refractivity contribution in [3.8, 4) is 0 Å². The van der Waals surface area contributed by atoms with Crippen LogP contribution in [0.4, 0.5) is 0 Å². The van der Waals surface area contributed by atoms with Gasteiger partial charge in [-0.05, 0) is 37.5 Å². The molecule has 0 spiro atoms. The Hall–Kier alpha value is -3.16. The topological polar surface area (TPSA) is 84.5 Å². The largest absolute Gasteiger partial charge is 0.459 e. The molecule has 2 amide bonds. The standard InChI is InChI=1S/C22H25N5O3/c28-21(25-8-4-9-26(11-10-25)22(29)19-7-3-12-30-19)16-13-18-20(23-14-16)27(15-24-18)17-5-1-2-6-17/h3,7,12-15,17H,1-2,4-6,8-11H2. The van der Waals surface area contributed by atoms with Crippen molar-refractivity contribution in [1.82, 2.24) is 24.3 Å². The summed E-state index contributed by atoms with van der Waals surface area (Å²) in [6.07, 6.45) is 10.6. The number of nitrogens with zero attached hydrogens (tertiary/aromatic N) is 5. The fourth-order valence-corrected chi connectivity index (χ4v) is 4.55. The van der Waals surface area contributed by atoms with Crippen LogP contribution in [0.25, 0.3) is 11.2 Å². The van der Waals surface area contributed by atoms with Gasteiger partial charge in [0, 0.05) is 38.4 Å². The Balaban J connectivity index is 1.29. The zero-order valence-electron chi connectivity index (χ0n) is 16.9. The molecule has 0 N–H and O–H groups in total. The van der Waals surface area contributed by atoms with Crippen LogP contribution in [0.3, 0.4) is 0 Å². The van der Waals surface area contributed by atoms with E-state index in [1.165, 1.54) is 19.1 Å².